The van der Waals surface area contributed by atoms with Gasteiger partial charge < -0.3 is 9.64 Å². The normalized spacial score (nSPS) is 25.6. The average Bonchev–Trinajstić information content (AvgIpc) is 2.87. The van der Waals surface area contributed by atoms with Crippen LogP contribution in [0.5, 0.6) is 0 Å². The van der Waals surface area contributed by atoms with Crippen LogP contribution in [0, 0.1) is 0 Å². The van der Waals surface area contributed by atoms with E-state index >= 15 is 0 Å². The number of carbonyl (C=O) groups excluding carboxylic acids is 2. The molecule has 0 N–H and O–H groups in total. The molecule has 0 spiro atoms. The average molecular weight is 268 g/mol. The lowest BCUT2D eigenvalue weighted by molar-refractivity contribution is -0.148. The Bertz CT molecular complexity index is 338. The second kappa shape index (κ2) is 6.37. The number of piperidine rings is 1. The Labute approximate surface area is 114 Å². The third-order valence-corrected chi connectivity index (χ3v) is 4.19. The van der Waals surface area contributed by atoms with E-state index in [9.17, 15) is 9.59 Å². The second-order valence-corrected chi connectivity index (χ2v) is 5.49. The quantitative estimate of drug-likeness (QED) is 0.717. The summed E-state index contributed by atoms with van der Waals surface area (Å²) in [7, 11) is 0. The molecule has 108 valence electrons. The van der Waals surface area contributed by atoms with Crippen molar-refractivity contribution in [2.24, 2.45) is 0 Å². The molecule has 2 aliphatic heterocycles. The van der Waals surface area contributed by atoms with Gasteiger partial charge in [0.25, 0.3) is 0 Å². The monoisotopic (exact) mass is 268 g/mol. The van der Waals surface area contributed by atoms with Gasteiger partial charge in [-0.05, 0) is 19.3 Å². The molecular formula is C14H24N2O3. The Hall–Kier alpha value is -1.10. The second-order valence-electron chi connectivity index (χ2n) is 5.49. The first-order chi connectivity index (χ1) is 9.10. The molecule has 2 rings (SSSR count). The molecule has 1 unspecified atom stereocenters. The molecule has 1 atom stereocenters. The van der Waals surface area contributed by atoms with Gasteiger partial charge in [-0.1, -0.05) is 6.92 Å². The molecular weight excluding hydrogens is 244 g/mol. The van der Waals surface area contributed by atoms with E-state index < -0.39 is 0 Å². The first-order valence-electron chi connectivity index (χ1n) is 7.29. The molecule has 0 bridgehead atoms. The van der Waals surface area contributed by atoms with Crippen molar-refractivity contribution in [3.63, 3.8) is 0 Å². The maximum atomic E-state index is 11.3. The molecule has 2 saturated heterocycles. The van der Waals surface area contributed by atoms with Crippen molar-refractivity contribution in [2.75, 3.05) is 26.2 Å². The maximum Gasteiger partial charge on any atom is 0.305 e. The van der Waals surface area contributed by atoms with E-state index in [0.29, 0.717) is 12.5 Å². The number of ether oxygens (including phenoxy) is 1. The van der Waals surface area contributed by atoms with Crippen LogP contribution in [0.2, 0.25) is 0 Å². The molecule has 0 aromatic carbocycles. The lowest BCUT2D eigenvalue weighted by Crippen LogP contribution is -2.45. The highest BCUT2D eigenvalue weighted by atomic mass is 16.5. The summed E-state index contributed by atoms with van der Waals surface area (Å²) in [5.41, 5.74) is 0. The molecule has 5 nitrogen and oxygen atoms in total. The molecule has 0 aromatic heterocycles. The minimum absolute atomic E-state index is 0.0679. The Balaban J connectivity index is 1.76. The lowest BCUT2D eigenvalue weighted by atomic mass is 10.0. The van der Waals surface area contributed by atoms with Crippen LogP contribution in [0.15, 0.2) is 0 Å². The molecule has 1 amide bonds. The zero-order chi connectivity index (χ0) is 13.8. The van der Waals surface area contributed by atoms with E-state index in [2.05, 4.69) is 4.90 Å². The van der Waals surface area contributed by atoms with Gasteiger partial charge in [-0.3, -0.25) is 14.5 Å². The van der Waals surface area contributed by atoms with Gasteiger partial charge in [-0.2, -0.15) is 0 Å². The predicted molar refractivity (Wildman–Crippen MR) is 71.6 cm³/mol. The first-order valence-corrected chi connectivity index (χ1v) is 7.29. The number of likely N-dealkylation sites (tertiary alicyclic amines) is 2. The third-order valence-electron chi connectivity index (χ3n) is 4.19. The zero-order valence-electron chi connectivity index (χ0n) is 11.9. The van der Waals surface area contributed by atoms with Crippen LogP contribution < -0.4 is 0 Å². The van der Waals surface area contributed by atoms with Crippen LogP contribution in [-0.2, 0) is 14.3 Å². The van der Waals surface area contributed by atoms with Gasteiger partial charge in [0.15, 0.2) is 0 Å². The maximum absolute atomic E-state index is 11.3. The summed E-state index contributed by atoms with van der Waals surface area (Å²) in [4.78, 5) is 26.9. The van der Waals surface area contributed by atoms with Crippen molar-refractivity contribution >= 4 is 11.9 Å². The van der Waals surface area contributed by atoms with Gasteiger partial charge in [0, 0.05) is 45.6 Å². The highest BCUT2D eigenvalue weighted by Crippen LogP contribution is 2.23. The Morgan fingerprint density at radius 2 is 1.84 bits per heavy atom. The van der Waals surface area contributed by atoms with E-state index in [-0.39, 0.29) is 18.0 Å². The summed E-state index contributed by atoms with van der Waals surface area (Å²) in [6.45, 7) is 7.04. The minimum atomic E-state index is -0.0988. The lowest BCUT2D eigenvalue weighted by Gasteiger charge is -2.36. The van der Waals surface area contributed by atoms with Crippen molar-refractivity contribution in [3.05, 3.63) is 0 Å². The molecule has 0 aromatic rings. The number of rotatable bonds is 3. The molecule has 2 heterocycles. The number of esters is 1. The number of nitrogens with zero attached hydrogens (tertiary/aromatic N) is 2. The van der Waals surface area contributed by atoms with Crippen LogP contribution in [0.3, 0.4) is 0 Å². The Morgan fingerprint density at radius 1 is 1.16 bits per heavy atom. The van der Waals surface area contributed by atoms with Crippen molar-refractivity contribution in [3.8, 4) is 0 Å². The van der Waals surface area contributed by atoms with Gasteiger partial charge in [0.1, 0.15) is 6.10 Å². The van der Waals surface area contributed by atoms with E-state index in [0.717, 1.165) is 45.4 Å². The summed E-state index contributed by atoms with van der Waals surface area (Å²) in [6.07, 6.45) is 3.53. The third kappa shape index (κ3) is 3.69. The van der Waals surface area contributed by atoms with E-state index in [1.807, 2.05) is 11.8 Å². The van der Waals surface area contributed by atoms with Crippen LogP contribution >= 0.6 is 0 Å². The summed E-state index contributed by atoms with van der Waals surface area (Å²) in [5, 5.41) is 0. The highest BCUT2D eigenvalue weighted by molar-refractivity contribution is 5.73. The van der Waals surface area contributed by atoms with Crippen LogP contribution in [-0.4, -0.2) is 60.0 Å². The van der Waals surface area contributed by atoms with Crippen LogP contribution in [0.1, 0.15) is 39.5 Å². The van der Waals surface area contributed by atoms with Crippen molar-refractivity contribution < 1.29 is 14.3 Å². The van der Waals surface area contributed by atoms with Crippen molar-refractivity contribution in [2.45, 2.75) is 51.7 Å². The van der Waals surface area contributed by atoms with E-state index in [1.54, 1.807) is 6.92 Å². The first kappa shape index (κ1) is 14.3. The molecule has 5 heteroatoms. The standard InChI is InChI=1S/C14H24N2O3/c1-3-14(18)19-13-6-9-16(10-13)12-4-7-15(8-5-12)11(2)17/h12-13H,3-10H2,1-2H3. The molecule has 0 saturated carbocycles. The fourth-order valence-corrected chi connectivity index (χ4v) is 3.00. The van der Waals surface area contributed by atoms with Gasteiger partial charge in [0.05, 0.1) is 0 Å². The largest absolute Gasteiger partial charge is 0.461 e. The molecule has 2 fully saturated rings. The SMILES string of the molecule is CCC(=O)OC1CCN(C2CCN(C(C)=O)CC2)C1. The molecule has 2 aliphatic rings. The van der Waals surface area contributed by atoms with Gasteiger partial charge in [-0.25, -0.2) is 0 Å². The van der Waals surface area contributed by atoms with Crippen LogP contribution in [0.25, 0.3) is 0 Å². The van der Waals surface area contributed by atoms with Gasteiger partial charge in [-0.15, -0.1) is 0 Å². The molecule has 19 heavy (non-hydrogen) atoms. The Kier molecular flexibility index (Phi) is 4.80. The van der Waals surface area contributed by atoms with Crippen molar-refractivity contribution in [1.82, 2.24) is 9.80 Å². The van der Waals surface area contributed by atoms with E-state index in [4.69, 9.17) is 4.74 Å². The minimum Gasteiger partial charge on any atom is -0.461 e. The molecule has 0 radical (unpaired) electrons. The fraction of sp³-hybridized carbons (Fsp3) is 0.857. The fourth-order valence-electron chi connectivity index (χ4n) is 3.00. The number of hydrogen-bond donors (Lipinski definition) is 0. The molecule has 0 aliphatic carbocycles. The van der Waals surface area contributed by atoms with Crippen LogP contribution in [0.4, 0.5) is 0 Å². The number of carbonyl (C=O) groups is 2. The summed E-state index contributed by atoms with van der Waals surface area (Å²) < 4.78 is 5.40. The van der Waals surface area contributed by atoms with Gasteiger partial charge in [0.2, 0.25) is 5.91 Å². The van der Waals surface area contributed by atoms with Gasteiger partial charge >= 0.3 is 5.97 Å². The highest BCUT2D eigenvalue weighted by Gasteiger charge is 2.32. The van der Waals surface area contributed by atoms with Crippen molar-refractivity contribution in [1.29, 1.82) is 0 Å². The summed E-state index contributed by atoms with van der Waals surface area (Å²) in [6, 6.07) is 0.543. The summed E-state index contributed by atoms with van der Waals surface area (Å²) >= 11 is 0. The smallest absolute Gasteiger partial charge is 0.305 e. The number of hydrogen-bond acceptors (Lipinski definition) is 4. The summed E-state index contributed by atoms with van der Waals surface area (Å²) in [5.74, 6) is 0.0767. The Morgan fingerprint density at radius 3 is 2.42 bits per heavy atom. The van der Waals surface area contributed by atoms with E-state index in [1.165, 1.54) is 0 Å². The predicted octanol–water partition coefficient (Wildman–Crippen LogP) is 1.02. The topological polar surface area (TPSA) is 49.9 Å². The number of amides is 1. The zero-order valence-corrected chi connectivity index (χ0v) is 11.9.